The number of aromatic hydroxyl groups is 1. The maximum Gasteiger partial charge on any atom is 0.123 e. The van der Waals surface area contributed by atoms with Crippen molar-refractivity contribution in [3.05, 3.63) is 77.8 Å². The summed E-state index contributed by atoms with van der Waals surface area (Å²) in [6.07, 6.45) is 4.87. The molecule has 1 aromatic heterocycles. The van der Waals surface area contributed by atoms with Crippen molar-refractivity contribution in [2.24, 2.45) is 13.0 Å². The van der Waals surface area contributed by atoms with E-state index in [0.29, 0.717) is 11.7 Å². The molecule has 150 valence electrons. The molecule has 2 unspecified atom stereocenters. The summed E-state index contributed by atoms with van der Waals surface area (Å²) in [6, 6.07) is 13.0. The number of piperidine rings is 1. The molecule has 1 fully saturated rings. The van der Waals surface area contributed by atoms with E-state index in [2.05, 4.69) is 29.2 Å². The molecule has 0 spiro atoms. The smallest absolute Gasteiger partial charge is 0.123 e. The quantitative estimate of drug-likeness (QED) is 0.664. The van der Waals surface area contributed by atoms with Gasteiger partial charge in [-0.25, -0.2) is 4.39 Å². The average molecular weight is 391 g/mol. The third-order valence-electron chi connectivity index (χ3n) is 7.27. The molecule has 0 radical (unpaired) electrons. The van der Waals surface area contributed by atoms with Crippen LogP contribution in [0.1, 0.15) is 23.2 Å². The van der Waals surface area contributed by atoms with Crippen molar-refractivity contribution in [1.82, 2.24) is 9.47 Å². The normalized spacial score (nSPS) is 24.3. The van der Waals surface area contributed by atoms with E-state index in [1.165, 1.54) is 16.8 Å². The van der Waals surface area contributed by atoms with Gasteiger partial charge in [-0.2, -0.15) is 0 Å². The second kappa shape index (κ2) is 6.74. The molecular formula is C25H27FN2O. The molecule has 0 bridgehead atoms. The zero-order valence-corrected chi connectivity index (χ0v) is 16.9. The largest absolute Gasteiger partial charge is 0.508 e. The van der Waals surface area contributed by atoms with Gasteiger partial charge in [0.05, 0.1) is 0 Å². The fourth-order valence-electron chi connectivity index (χ4n) is 5.82. The zero-order valence-electron chi connectivity index (χ0n) is 16.9. The molecule has 3 aromatic rings. The van der Waals surface area contributed by atoms with Gasteiger partial charge in [-0.1, -0.05) is 18.2 Å². The summed E-state index contributed by atoms with van der Waals surface area (Å²) < 4.78 is 16.3. The van der Waals surface area contributed by atoms with Gasteiger partial charge in [0, 0.05) is 42.1 Å². The Morgan fingerprint density at radius 3 is 2.93 bits per heavy atom. The second-order valence-electron chi connectivity index (χ2n) is 8.73. The van der Waals surface area contributed by atoms with Gasteiger partial charge in [0.1, 0.15) is 11.6 Å². The molecule has 1 N–H and O–H groups in total. The molecule has 5 rings (SSSR count). The maximum absolute atomic E-state index is 14.0. The Hall–Kier alpha value is -2.59. The van der Waals surface area contributed by atoms with E-state index < -0.39 is 0 Å². The number of nitrogens with zero attached hydrogens (tertiary/aromatic N) is 2. The van der Waals surface area contributed by atoms with Crippen molar-refractivity contribution in [2.45, 2.75) is 24.7 Å². The lowest BCUT2D eigenvalue weighted by molar-refractivity contribution is 0.0888. The third-order valence-corrected chi connectivity index (χ3v) is 7.27. The van der Waals surface area contributed by atoms with Crippen molar-refractivity contribution in [2.75, 3.05) is 19.6 Å². The number of likely N-dealkylation sites (tertiary alicyclic amines) is 1. The van der Waals surface area contributed by atoms with E-state index >= 15 is 0 Å². The summed E-state index contributed by atoms with van der Waals surface area (Å²) in [7, 11) is 2.10. The van der Waals surface area contributed by atoms with Crippen LogP contribution in [0.15, 0.2) is 55.1 Å². The van der Waals surface area contributed by atoms with E-state index in [9.17, 15) is 9.50 Å². The highest BCUT2D eigenvalue weighted by Gasteiger charge is 2.48. The molecule has 3 nitrogen and oxygen atoms in total. The predicted molar refractivity (Wildman–Crippen MR) is 115 cm³/mol. The molecular weight excluding hydrogens is 363 g/mol. The minimum absolute atomic E-state index is 0.00983. The van der Waals surface area contributed by atoms with Gasteiger partial charge < -0.3 is 9.67 Å². The summed E-state index contributed by atoms with van der Waals surface area (Å²) in [5, 5.41) is 11.2. The molecule has 1 aliphatic carbocycles. The van der Waals surface area contributed by atoms with Gasteiger partial charge in [-0.3, -0.25) is 4.90 Å². The molecule has 0 amide bonds. The highest BCUT2D eigenvalue weighted by atomic mass is 19.1. The van der Waals surface area contributed by atoms with Gasteiger partial charge in [-0.05, 0) is 73.2 Å². The number of aromatic nitrogens is 1. The number of aryl methyl sites for hydroxylation is 1. The Bertz CT molecular complexity index is 1100. The van der Waals surface area contributed by atoms with E-state index in [4.69, 9.17) is 0 Å². The Morgan fingerprint density at radius 1 is 1.28 bits per heavy atom. The first kappa shape index (κ1) is 18.4. The van der Waals surface area contributed by atoms with Crippen molar-refractivity contribution in [1.29, 1.82) is 0 Å². The molecule has 2 aliphatic rings. The highest BCUT2D eigenvalue weighted by molar-refractivity contribution is 5.86. The van der Waals surface area contributed by atoms with Gasteiger partial charge >= 0.3 is 0 Å². The van der Waals surface area contributed by atoms with Crippen LogP contribution in [0.4, 0.5) is 4.39 Å². The number of phenols is 1. The number of phenolic OH excluding ortho intramolecular Hbond substituents is 1. The van der Waals surface area contributed by atoms with Crippen LogP contribution in [0.25, 0.3) is 10.9 Å². The standard InChI is InChI=1S/C25H27FN2O/c1-3-10-28-11-9-25(17-5-4-6-20(29)12-17)15-24-21(13-18(25)16-28)22-14-19(26)7-8-23(22)27(24)2/h3-8,12,14,18,29H,1,9-11,13,15-16H2,2H3. The summed E-state index contributed by atoms with van der Waals surface area (Å²) >= 11 is 0. The molecule has 0 saturated carbocycles. The van der Waals surface area contributed by atoms with Crippen molar-refractivity contribution in [3.8, 4) is 5.75 Å². The number of hydrogen-bond acceptors (Lipinski definition) is 2. The lowest BCUT2D eigenvalue weighted by Crippen LogP contribution is -2.53. The number of benzene rings is 2. The van der Waals surface area contributed by atoms with E-state index in [0.717, 1.165) is 49.8 Å². The second-order valence-corrected chi connectivity index (χ2v) is 8.73. The van der Waals surface area contributed by atoms with Crippen LogP contribution in [-0.4, -0.2) is 34.2 Å². The van der Waals surface area contributed by atoms with Gasteiger partial charge in [0.25, 0.3) is 0 Å². The molecule has 1 aliphatic heterocycles. The predicted octanol–water partition coefficient (Wildman–Crippen LogP) is 4.57. The Kier molecular flexibility index (Phi) is 4.28. The molecule has 2 aromatic carbocycles. The van der Waals surface area contributed by atoms with Gasteiger partial charge in [-0.15, -0.1) is 6.58 Å². The molecule has 4 heteroatoms. The minimum atomic E-state index is -0.173. The summed E-state index contributed by atoms with van der Waals surface area (Å²) in [6.45, 7) is 6.82. The van der Waals surface area contributed by atoms with Crippen LogP contribution in [0.5, 0.6) is 5.75 Å². The van der Waals surface area contributed by atoms with Crippen molar-refractivity contribution in [3.63, 3.8) is 0 Å². The highest BCUT2D eigenvalue weighted by Crippen LogP contribution is 2.50. The number of hydrogen-bond donors (Lipinski definition) is 1. The fourth-order valence-corrected chi connectivity index (χ4v) is 5.82. The Labute approximate surface area is 171 Å². The van der Waals surface area contributed by atoms with Crippen LogP contribution in [-0.2, 0) is 25.3 Å². The van der Waals surface area contributed by atoms with Gasteiger partial charge in [0.15, 0.2) is 0 Å². The van der Waals surface area contributed by atoms with Crippen LogP contribution in [0, 0.1) is 11.7 Å². The first-order valence-corrected chi connectivity index (χ1v) is 10.4. The van der Waals surface area contributed by atoms with Gasteiger partial charge in [0.2, 0.25) is 0 Å². The Balaban J connectivity index is 1.68. The Morgan fingerprint density at radius 2 is 2.14 bits per heavy atom. The van der Waals surface area contributed by atoms with Crippen molar-refractivity contribution >= 4 is 10.9 Å². The van der Waals surface area contributed by atoms with Crippen LogP contribution in [0.3, 0.4) is 0 Å². The van der Waals surface area contributed by atoms with E-state index in [1.54, 1.807) is 18.2 Å². The number of rotatable bonds is 3. The monoisotopic (exact) mass is 390 g/mol. The van der Waals surface area contributed by atoms with E-state index in [1.807, 2.05) is 24.3 Å². The zero-order chi connectivity index (χ0) is 20.2. The molecule has 1 saturated heterocycles. The molecule has 2 atom stereocenters. The first-order valence-electron chi connectivity index (χ1n) is 10.4. The van der Waals surface area contributed by atoms with Crippen LogP contribution < -0.4 is 0 Å². The SMILES string of the molecule is C=CCN1CCC2(c3cccc(O)c3)Cc3c(c4cc(F)ccc4n3C)CC2C1. The number of halogens is 1. The number of fused-ring (bicyclic) bond motifs is 4. The maximum atomic E-state index is 14.0. The third kappa shape index (κ3) is 2.81. The fraction of sp³-hybridized carbons (Fsp3) is 0.360. The topological polar surface area (TPSA) is 28.4 Å². The summed E-state index contributed by atoms with van der Waals surface area (Å²) in [5.74, 6) is 0.570. The van der Waals surface area contributed by atoms with Crippen LogP contribution in [0.2, 0.25) is 0 Å². The molecule has 2 heterocycles. The first-order chi connectivity index (χ1) is 14.0. The minimum Gasteiger partial charge on any atom is -0.508 e. The molecule has 29 heavy (non-hydrogen) atoms. The van der Waals surface area contributed by atoms with Crippen molar-refractivity contribution < 1.29 is 9.50 Å². The summed E-state index contributed by atoms with van der Waals surface area (Å²) in [5.41, 5.74) is 4.92. The summed E-state index contributed by atoms with van der Waals surface area (Å²) in [4.78, 5) is 2.47. The van der Waals surface area contributed by atoms with E-state index in [-0.39, 0.29) is 11.2 Å². The lowest BCUT2D eigenvalue weighted by atomic mass is 9.58. The average Bonchev–Trinajstić information content (AvgIpc) is 2.97. The lowest BCUT2D eigenvalue weighted by Gasteiger charge is -2.51. The van der Waals surface area contributed by atoms with Crippen LogP contribution >= 0.6 is 0 Å².